The second-order valence-corrected chi connectivity index (χ2v) is 6.48. The van der Waals surface area contributed by atoms with Crippen molar-refractivity contribution in [2.24, 2.45) is 0 Å². The van der Waals surface area contributed by atoms with Crippen LogP contribution in [0, 0.1) is 0 Å². The van der Waals surface area contributed by atoms with Crippen LogP contribution in [0.1, 0.15) is 23.1 Å². The number of benzene rings is 2. The molecule has 0 spiro atoms. The molecule has 0 unspecified atom stereocenters. The monoisotopic (exact) mass is 417 g/mol. The Hall–Kier alpha value is -2.54. The Morgan fingerprint density at radius 3 is 2.85 bits per heavy atom. The van der Waals surface area contributed by atoms with Gasteiger partial charge in [-0.2, -0.15) is 0 Å². The summed E-state index contributed by atoms with van der Waals surface area (Å²) in [4.78, 5) is 20.2. The number of carbonyl (C=O) groups is 1. The molecule has 0 saturated heterocycles. The smallest absolute Gasteiger partial charge is 0.251 e. The van der Waals surface area contributed by atoms with E-state index in [0.29, 0.717) is 41.1 Å². The molecule has 1 amide bonds. The Morgan fingerprint density at radius 2 is 2.12 bits per heavy atom. The van der Waals surface area contributed by atoms with Crippen molar-refractivity contribution in [3.8, 4) is 11.5 Å². The van der Waals surface area contributed by atoms with E-state index in [1.54, 1.807) is 19.2 Å². The van der Waals surface area contributed by atoms with Crippen LogP contribution in [0.5, 0.6) is 11.5 Å². The summed E-state index contributed by atoms with van der Waals surface area (Å²) in [6.07, 6.45) is 0.621. The van der Waals surface area contributed by atoms with Gasteiger partial charge in [0.2, 0.25) is 0 Å². The van der Waals surface area contributed by atoms with Crippen LogP contribution in [0.25, 0.3) is 11.0 Å². The Kier molecular flexibility index (Phi) is 5.78. The van der Waals surface area contributed by atoms with Crippen LogP contribution in [0.2, 0.25) is 0 Å². The number of rotatable bonds is 7. The van der Waals surface area contributed by atoms with Crippen LogP contribution in [-0.4, -0.2) is 36.1 Å². The highest BCUT2D eigenvalue weighted by Gasteiger charge is 2.15. The number of halogens is 1. The molecule has 0 radical (unpaired) electrons. The van der Waals surface area contributed by atoms with Crippen molar-refractivity contribution < 1.29 is 14.3 Å². The predicted molar refractivity (Wildman–Crippen MR) is 104 cm³/mol. The number of H-pyrrole nitrogens is 1. The minimum Gasteiger partial charge on any atom is -0.493 e. The van der Waals surface area contributed by atoms with Crippen LogP contribution in [-0.2, 0) is 6.42 Å². The van der Waals surface area contributed by atoms with Crippen molar-refractivity contribution in [1.29, 1.82) is 0 Å². The number of hydrogen-bond donors (Lipinski definition) is 2. The molecule has 0 atom stereocenters. The molecule has 0 bridgehead atoms. The first-order valence-electron chi connectivity index (χ1n) is 8.34. The number of ether oxygens (including phenoxy) is 2. The number of methoxy groups -OCH3 is 1. The number of nitrogens with one attached hydrogen (secondary N) is 2. The minimum absolute atomic E-state index is 0.178. The lowest BCUT2D eigenvalue weighted by Crippen LogP contribution is -2.26. The number of amides is 1. The third-order valence-electron chi connectivity index (χ3n) is 3.87. The van der Waals surface area contributed by atoms with Gasteiger partial charge in [0, 0.05) is 18.5 Å². The van der Waals surface area contributed by atoms with Gasteiger partial charge >= 0.3 is 0 Å². The summed E-state index contributed by atoms with van der Waals surface area (Å²) < 4.78 is 11.6. The fourth-order valence-electron chi connectivity index (χ4n) is 2.66. The molecule has 26 heavy (non-hydrogen) atoms. The third kappa shape index (κ3) is 3.99. The maximum absolute atomic E-state index is 12.4. The molecule has 0 fully saturated rings. The molecule has 0 aliphatic heterocycles. The van der Waals surface area contributed by atoms with Gasteiger partial charge in [-0.1, -0.05) is 12.1 Å². The average Bonchev–Trinajstić information content (AvgIpc) is 3.05. The first kappa shape index (κ1) is 18.3. The maximum Gasteiger partial charge on any atom is 0.251 e. The van der Waals surface area contributed by atoms with Gasteiger partial charge in [0.15, 0.2) is 11.5 Å². The molecule has 136 valence electrons. The Morgan fingerprint density at radius 1 is 1.31 bits per heavy atom. The molecule has 0 aliphatic carbocycles. The van der Waals surface area contributed by atoms with Crippen molar-refractivity contribution in [3.63, 3.8) is 0 Å². The zero-order valence-electron chi connectivity index (χ0n) is 14.6. The van der Waals surface area contributed by atoms with Gasteiger partial charge < -0.3 is 19.8 Å². The van der Waals surface area contributed by atoms with Gasteiger partial charge in [0.25, 0.3) is 5.91 Å². The molecule has 1 aromatic heterocycles. The summed E-state index contributed by atoms with van der Waals surface area (Å²) in [6.45, 7) is 2.88. The number of hydrogen-bond acceptors (Lipinski definition) is 4. The number of carbonyl (C=O) groups excluding carboxylic acids is 1. The Balaban J connectivity index is 1.65. The van der Waals surface area contributed by atoms with Crippen molar-refractivity contribution in [2.45, 2.75) is 13.3 Å². The van der Waals surface area contributed by atoms with Gasteiger partial charge in [-0.05, 0) is 47.1 Å². The van der Waals surface area contributed by atoms with Gasteiger partial charge in [-0.3, -0.25) is 4.79 Å². The van der Waals surface area contributed by atoms with E-state index in [-0.39, 0.29) is 5.91 Å². The van der Waals surface area contributed by atoms with Crippen LogP contribution in [0.3, 0.4) is 0 Å². The van der Waals surface area contributed by atoms with E-state index in [4.69, 9.17) is 9.47 Å². The number of fused-ring (bicyclic) bond motifs is 1. The minimum atomic E-state index is -0.178. The van der Waals surface area contributed by atoms with E-state index in [2.05, 4.69) is 31.2 Å². The molecule has 3 aromatic rings. The van der Waals surface area contributed by atoms with Crippen LogP contribution < -0.4 is 14.8 Å². The van der Waals surface area contributed by atoms with Gasteiger partial charge in [0.1, 0.15) is 5.82 Å². The SMILES string of the molecule is CCOc1c(Br)cc(C(=O)NCCc2nc3ccccc3[nH]2)cc1OC. The van der Waals surface area contributed by atoms with E-state index in [1.165, 1.54) is 0 Å². The van der Waals surface area contributed by atoms with E-state index >= 15 is 0 Å². The number of aromatic amines is 1. The summed E-state index contributed by atoms with van der Waals surface area (Å²) in [5, 5.41) is 2.91. The first-order chi connectivity index (χ1) is 12.6. The fourth-order valence-corrected chi connectivity index (χ4v) is 3.21. The topological polar surface area (TPSA) is 76.2 Å². The number of nitrogens with zero attached hydrogens (tertiary/aromatic N) is 1. The zero-order valence-corrected chi connectivity index (χ0v) is 16.2. The van der Waals surface area contributed by atoms with E-state index in [0.717, 1.165) is 16.9 Å². The molecule has 0 saturated carbocycles. The molecule has 7 heteroatoms. The lowest BCUT2D eigenvalue weighted by molar-refractivity contribution is 0.0953. The van der Waals surface area contributed by atoms with Crippen molar-refractivity contribution in [1.82, 2.24) is 15.3 Å². The molecule has 3 rings (SSSR count). The largest absolute Gasteiger partial charge is 0.493 e. The molecule has 0 aliphatic rings. The van der Waals surface area contributed by atoms with E-state index in [1.807, 2.05) is 31.2 Å². The molecule has 1 heterocycles. The highest BCUT2D eigenvalue weighted by atomic mass is 79.9. The van der Waals surface area contributed by atoms with Crippen LogP contribution >= 0.6 is 15.9 Å². The molecular weight excluding hydrogens is 398 g/mol. The zero-order chi connectivity index (χ0) is 18.5. The standard InChI is InChI=1S/C19H20BrN3O3/c1-3-26-18-13(20)10-12(11-16(18)25-2)19(24)21-9-8-17-22-14-6-4-5-7-15(14)23-17/h4-7,10-11H,3,8-9H2,1-2H3,(H,21,24)(H,22,23). The third-order valence-corrected chi connectivity index (χ3v) is 4.46. The molecule has 6 nitrogen and oxygen atoms in total. The maximum atomic E-state index is 12.4. The molecular formula is C19H20BrN3O3. The lowest BCUT2D eigenvalue weighted by atomic mass is 10.2. The molecule has 2 N–H and O–H groups in total. The van der Waals surface area contributed by atoms with Gasteiger partial charge in [-0.15, -0.1) is 0 Å². The fraction of sp³-hybridized carbons (Fsp3) is 0.263. The second kappa shape index (κ2) is 8.23. The highest BCUT2D eigenvalue weighted by molar-refractivity contribution is 9.10. The Labute approximate surface area is 160 Å². The predicted octanol–water partition coefficient (Wildman–Crippen LogP) is 3.71. The first-order valence-corrected chi connectivity index (χ1v) is 9.13. The number of para-hydroxylation sites is 2. The number of imidazole rings is 1. The number of aromatic nitrogens is 2. The quantitative estimate of drug-likeness (QED) is 0.614. The van der Waals surface area contributed by atoms with E-state index in [9.17, 15) is 4.79 Å². The van der Waals surface area contributed by atoms with E-state index < -0.39 is 0 Å². The van der Waals surface area contributed by atoms with Crippen LogP contribution in [0.15, 0.2) is 40.9 Å². The van der Waals surface area contributed by atoms with Crippen molar-refractivity contribution in [3.05, 3.63) is 52.3 Å². The lowest BCUT2D eigenvalue weighted by Gasteiger charge is -2.13. The average molecular weight is 418 g/mol. The highest BCUT2D eigenvalue weighted by Crippen LogP contribution is 2.36. The molecule has 2 aromatic carbocycles. The summed E-state index contributed by atoms with van der Waals surface area (Å²) in [7, 11) is 1.55. The second-order valence-electron chi connectivity index (χ2n) is 5.63. The summed E-state index contributed by atoms with van der Waals surface area (Å²) in [5.74, 6) is 1.78. The summed E-state index contributed by atoms with van der Waals surface area (Å²) in [6, 6.07) is 11.2. The normalized spacial score (nSPS) is 10.7. The van der Waals surface area contributed by atoms with Crippen molar-refractivity contribution in [2.75, 3.05) is 20.3 Å². The Bertz CT molecular complexity index is 891. The van der Waals surface area contributed by atoms with Gasteiger partial charge in [0.05, 0.1) is 29.2 Å². The van der Waals surface area contributed by atoms with Crippen molar-refractivity contribution >= 4 is 32.9 Å². The van der Waals surface area contributed by atoms with Crippen LogP contribution in [0.4, 0.5) is 0 Å². The summed E-state index contributed by atoms with van der Waals surface area (Å²) in [5.41, 5.74) is 2.42. The summed E-state index contributed by atoms with van der Waals surface area (Å²) >= 11 is 3.43. The van der Waals surface area contributed by atoms with Gasteiger partial charge in [-0.25, -0.2) is 4.98 Å².